The molecule has 0 aliphatic carbocycles. The Bertz CT molecular complexity index is 145. The quantitative estimate of drug-likeness (QED) is 0.686. The minimum atomic E-state index is -0.758. The fraction of sp³-hybridized carbons (Fsp3) is 1.00. The normalized spacial score (nSPS) is 37.5. The molecule has 0 aromatic rings. The van der Waals surface area contributed by atoms with E-state index in [1.54, 1.807) is 0 Å². The third-order valence-corrected chi connectivity index (χ3v) is 3.20. The summed E-state index contributed by atoms with van der Waals surface area (Å²) in [6.07, 6.45) is 4.26. The van der Waals surface area contributed by atoms with Gasteiger partial charge in [-0.3, -0.25) is 4.90 Å². The van der Waals surface area contributed by atoms with Gasteiger partial charge in [-0.2, -0.15) is 0 Å². The highest BCUT2D eigenvalue weighted by molar-refractivity contribution is 4.95. The van der Waals surface area contributed by atoms with Gasteiger partial charge in [0.1, 0.15) is 6.67 Å². The molecule has 0 aromatic heterocycles. The van der Waals surface area contributed by atoms with Crippen LogP contribution in [0.2, 0.25) is 0 Å². The van der Waals surface area contributed by atoms with Crippen LogP contribution in [0.15, 0.2) is 0 Å². The van der Waals surface area contributed by atoms with Crippen LogP contribution in [0.4, 0.5) is 4.39 Å². The number of aliphatic hydroxyl groups excluding tert-OH is 1. The van der Waals surface area contributed by atoms with Gasteiger partial charge in [-0.1, -0.05) is 0 Å². The second-order valence-corrected chi connectivity index (χ2v) is 3.97. The van der Waals surface area contributed by atoms with Crippen molar-refractivity contribution in [2.75, 3.05) is 13.2 Å². The van der Waals surface area contributed by atoms with E-state index in [-0.39, 0.29) is 0 Å². The molecule has 0 aromatic carbocycles. The molecule has 70 valence electrons. The molecule has 1 atom stereocenters. The van der Waals surface area contributed by atoms with Crippen LogP contribution in [0.1, 0.15) is 25.7 Å². The maximum absolute atomic E-state index is 12.0. The number of hydrogen-bond acceptors (Lipinski definition) is 2. The van der Waals surface area contributed by atoms with Crippen LogP contribution < -0.4 is 0 Å². The molecule has 2 bridgehead atoms. The number of nitrogens with zero attached hydrogens (tertiary/aromatic N) is 1. The van der Waals surface area contributed by atoms with Crippen molar-refractivity contribution in [3.05, 3.63) is 0 Å². The van der Waals surface area contributed by atoms with Gasteiger partial charge in [0, 0.05) is 18.6 Å². The lowest BCUT2D eigenvalue weighted by Gasteiger charge is -2.23. The van der Waals surface area contributed by atoms with E-state index < -0.39 is 12.8 Å². The van der Waals surface area contributed by atoms with E-state index in [9.17, 15) is 4.39 Å². The van der Waals surface area contributed by atoms with Crippen molar-refractivity contribution in [1.82, 2.24) is 4.90 Å². The fourth-order valence-electron chi connectivity index (χ4n) is 2.61. The zero-order valence-electron chi connectivity index (χ0n) is 7.25. The highest BCUT2D eigenvalue weighted by Crippen LogP contribution is 2.37. The summed E-state index contributed by atoms with van der Waals surface area (Å²) in [5.74, 6) is 0. The number of halogens is 1. The third kappa shape index (κ3) is 1.36. The molecule has 0 amide bonds. The molecule has 2 fully saturated rings. The Labute approximate surface area is 72.4 Å². The van der Waals surface area contributed by atoms with E-state index in [1.165, 1.54) is 25.7 Å². The summed E-state index contributed by atoms with van der Waals surface area (Å²) < 4.78 is 12.0. The van der Waals surface area contributed by atoms with Gasteiger partial charge < -0.3 is 5.11 Å². The summed E-state index contributed by atoms with van der Waals surface area (Å²) in [6, 6.07) is 1.30. The van der Waals surface area contributed by atoms with Crippen molar-refractivity contribution in [1.29, 1.82) is 0 Å². The van der Waals surface area contributed by atoms with Gasteiger partial charge in [0.05, 0.1) is 6.10 Å². The van der Waals surface area contributed by atoms with Gasteiger partial charge >= 0.3 is 0 Å². The average Bonchev–Trinajstić information content (AvgIpc) is 2.65. The SMILES string of the molecule is OC(CF)CN1C2CCC1CC2. The minimum absolute atomic E-state index is 0.547. The van der Waals surface area contributed by atoms with Gasteiger partial charge in [-0.15, -0.1) is 0 Å². The highest BCUT2D eigenvalue weighted by Gasteiger charge is 2.39. The zero-order valence-corrected chi connectivity index (χ0v) is 7.25. The van der Waals surface area contributed by atoms with Crippen molar-refractivity contribution in [3.8, 4) is 0 Å². The number of hydrogen-bond donors (Lipinski definition) is 1. The lowest BCUT2D eigenvalue weighted by molar-refractivity contribution is 0.0825. The molecule has 2 aliphatic rings. The zero-order chi connectivity index (χ0) is 8.55. The molecular weight excluding hydrogens is 157 g/mol. The van der Waals surface area contributed by atoms with Crippen LogP contribution in [-0.4, -0.2) is 41.4 Å². The van der Waals surface area contributed by atoms with E-state index in [0.717, 1.165) is 0 Å². The molecule has 0 radical (unpaired) electrons. The van der Waals surface area contributed by atoms with Crippen LogP contribution in [0, 0.1) is 0 Å². The summed E-state index contributed by atoms with van der Waals surface area (Å²) >= 11 is 0. The largest absolute Gasteiger partial charge is 0.389 e. The van der Waals surface area contributed by atoms with E-state index in [0.29, 0.717) is 18.6 Å². The van der Waals surface area contributed by atoms with Crippen molar-refractivity contribution >= 4 is 0 Å². The first kappa shape index (κ1) is 8.45. The first-order valence-corrected chi connectivity index (χ1v) is 4.81. The molecule has 0 spiro atoms. The minimum Gasteiger partial charge on any atom is -0.389 e. The smallest absolute Gasteiger partial charge is 0.117 e. The summed E-state index contributed by atoms with van der Waals surface area (Å²) in [6.45, 7) is -0.0538. The molecule has 2 heterocycles. The Morgan fingerprint density at radius 1 is 1.25 bits per heavy atom. The Morgan fingerprint density at radius 3 is 2.17 bits per heavy atom. The molecule has 2 nitrogen and oxygen atoms in total. The Morgan fingerprint density at radius 2 is 1.75 bits per heavy atom. The van der Waals surface area contributed by atoms with Crippen LogP contribution in [-0.2, 0) is 0 Å². The maximum Gasteiger partial charge on any atom is 0.117 e. The lowest BCUT2D eigenvalue weighted by atomic mass is 10.0. The van der Waals surface area contributed by atoms with Crippen LogP contribution >= 0.6 is 0 Å². The Hall–Kier alpha value is -0.150. The van der Waals surface area contributed by atoms with Crippen molar-refractivity contribution in [2.45, 2.75) is 43.9 Å². The molecule has 2 saturated heterocycles. The second-order valence-electron chi connectivity index (χ2n) is 3.97. The molecule has 3 heteroatoms. The number of rotatable bonds is 3. The molecular formula is C9H16FNO. The highest BCUT2D eigenvalue weighted by atomic mass is 19.1. The van der Waals surface area contributed by atoms with Gasteiger partial charge in [-0.25, -0.2) is 4.39 Å². The van der Waals surface area contributed by atoms with Gasteiger partial charge in [-0.05, 0) is 25.7 Å². The predicted molar refractivity (Wildman–Crippen MR) is 44.7 cm³/mol. The molecule has 1 N–H and O–H groups in total. The topological polar surface area (TPSA) is 23.5 Å². The third-order valence-electron chi connectivity index (χ3n) is 3.20. The molecule has 0 saturated carbocycles. The molecule has 2 rings (SSSR count). The summed E-state index contributed by atoms with van der Waals surface area (Å²) in [7, 11) is 0. The second kappa shape index (κ2) is 3.30. The summed E-state index contributed by atoms with van der Waals surface area (Å²) in [5, 5.41) is 9.16. The van der Waals surface area contributed by atoms with Crippen molar-refractivity contribution in [2.24, 2.45) is 0 Å². The van der Waals surface area contributed by atoms with Gasteiger partial charge in [0.15, 0.2) is 0 Å². The van der Waals surface area contributed by atoms with Crippen LogP contribution in [0.25, 0.3) is 0 Å². The van der Waals surface area contributed by atoms with E-state index in [2.05, 4.69) is 4.90 Å². The average molecular weight is 173 g/mol. The Balaban J connectivity index is 1.88. The Kier molecular flexibility index (Phi) is 2.33. The van der Waals surface area contributed by atoms with Crippen molar-refractivity contribution < 1.29 is 9.50 Å². The fourth-order valence-corrected chi connectivity index (χ4v) is 2.61. The monoisotopic (exact) mass is 173 g/mol. The number of aliphatic hydroxyl groups is 1. The first-order chi connectivity index (χ1) is 5.81. The first-order valence-electron chi connectivity index (χ1n) is 4.81. The van der Waals surface area contributed by atoms with E-state index in [1.807, 2.05) is 0 Å². The van der Waals surface area contributed by atoms with Gasteiger partial charge in [0.2, 0.25) is 0 Å². The molecule has 1 unspecified atom stereocenters. The van der Waals surface area contributed by atoms with Gasteiger partial charge in [0.25, 0.3) is 0 Å². The maximum atomic E-state index is 12.0. The van der Waals surface area contributed by atoms with E-state index in [4.69, 9.17) is 5.11 Å². The number of alkyl halides is 1. The lowest BCUT2D eigenvalue weighted by Crippen LogP contribution is -2.36. The van der Waals surface area contributed by atoms with Crippen LogP contribution in [0.3, 0.4) is 0 Å². The summed E-state index contributed by atoms with van der Waals surface area (Å²) in [4.78, 5) is 2.30. The molecule has 12 heavy (non-hydrogen) atoms. The summed E-state index contributed by atoms with van der Waals surface area (Å²) in [5.41, 5.74) is 0. The van der Waals surface area contributed by atoms with E-state index >= 15 is 0 Å². The van der Waals surface area contributed by atoms with Crippen LogP contribution in [0.5, 0.6) is 0 Å². The van der Waals surface area contributed by atoms with Crippen molar-refractivity contribution in [3.63, 3.8) is 0 Å². The number of fused-ring (bicyclic) bond motifs is 2. The standard InChI is InChI=1S/C9H16FNO/c10-5-9(12)6-11-7-1-2-8(11)4-3-7/h7-9,12H,1-6H2. The predicted octanol–water partition coefficient (Wildman–Crippen LogP) is 0.944. The molecule has 2 aliphatic heterocycles.